The first-order valence-electron chi connectivity index (χ1n) is 7.23. The first-order chi connectivity index (χ1) is 11.0. The smallest absolute Gasteiger partial charge is 0.266 e. The van der Waals surface area contributed by atoms with E-state index < -0.39 is 0 Å². The number of hydrogen-bond donors (Lipinski definition) is 0. The van der Waals surface area contributed by atoms with Crippen molar-refractivity contribution in [2.45, 2.75) is 19.9 Å². The molecule has 0 aliphatic carbocycles. The molecule has 7 heteroatoms. The number of halogens is 2. The van der Waals surface area contributed by atoms with Gasteiger partial charge in [0.2, 0.25) is 0 Å². The maximum atomic E-state index is 12.9. The van der Waals surface area contributed by atoms with Crippen molar-refractivity contribution in [3.8, 4) is 0 Å². The number of carbonyl (C=O) groups excluding carboxylic acids is 1. The van der Waals surface area contributed by atoms with Crippen LogP contribution in [0.25, 0.3) is 4.96 Å². The highest BCUT2D eigenvalue weighted by molar-refractivity contribution is 7.19. The van der Waals surface area contributed by atoms with Crippen LogP contribution < -0.4 is 0 Å². The molecule has 3 heterocycles. The molecular formula is C16H13Cl2N3OS. The molecule has 0 spiro atoms. The summed E-state index contributed by atoms with van der Waals surface area (Å²) in [6, 6.07) is 3.66. The van der Waals surface area contributed by atoms with Crippen LogP contribution in [0.3, 0.4) is 0 Å². The van der Waals surface area contributed by atoms with Crippen molar-refractivity contribution in [3.05, 3.63) is 56.3 Å². The minimum absolute atomic E-state index is 0.0414. The molecule has 0 bridgehead atoms. The van der Waals surface area contributed by atoms with E-state index in [1.54, 1.807) is 12.3 Å². The molecule has 0 radical (unpaired) electrons. The maximum absolute atomic E-state index is 12.9. The molecule has 4 rings (SSSR count). The number of benzene rings is 1. The van der Waals surface area contributed by atoms with Crippen LogP contribution in [-0.2, 0) is 13.0 Å². The van der Waals surface area contributed by atoms with Crippen LogP contribution in [0.1, 0.15) is 26.5 Å². The van der Waals surface area contributed by atoms with Crippen molar-refractivity contribution in [3.63, 3.8) is 0 Å². The third-order valence-electron chi connectivity index (χ3n) is 4.22. The Hall–Kier alpha value is -1.56. The largest absolute Gasteiger partial charge is 0.333 e. The Labute approximate surface area is 147 Å². The second-order valence-corrected chi connectivity index (χ2v) is 7.42. The number of amides is 1. The summed E-state index contributed by atoms with van der Waals surface area (Å²) in [5, 5.41) is 1.29. The predicted octanol–water partition coefficient (Wildman–Crippen LogP) is 4.21. The molecule has 3 aromatic rings. The topological polar surface area (TPSA) is 37.6 Å². The Kier molecular flexibility index (Phi) is 3.59. The van der Waals surface area contributed by atoms with E-state index >= 15 is 0 Å². The third kappa shape index (κ3) is 2.43. The second kappa shape index (κ2) is 5.51. The Morgan fingerprint density at radius 2 is 2.17 bits per heavy atom. The van der Waals surface area contributed by atoms with E-state index in [0.717, 1.165) is 33.1 Å². The molecule has 1 aliphatic rings. The molecule has 0 N–H and O–H groups in total. The molecule has 1 aromatic carbocycles. The van der Waals surface area contributed by atoms with Gasteiger partial charge in [0.25, 0.3) is 5.91 Å². The van der Waals surface area contributed by atoms with Crippen molar-refractivity contribution < 1.29 is 4.79 Å². The molecule has 2 aromatic heterocycles. The number of rotatable bonds is 1. The van der Waals surface area contributed by atoms with Crippen LogP contribution in [0, 0.1) is 6.92 Å². The zero-order valence-electron chi connectivity index (χ0n) is 12.3. The van der Waals surface area contributed by atoms with Gasteiger partial charge in [-0.1, -0.05) is 34.5 Å². The van der Waals surface area contributed by atoms with Gasteiger partial charge in [-0.05, 0) is 36.6 Å². The molecule has 0 saturated carbocycles. The number of aryl methyl sites for hydroxylation is 1. The Bertz CT molecular complexity index is 931. The molecule has 0 saturated heterocycles. The molecule has 1 aliphatic heterocycles. The molecular weight excluding hydrogens is 353 g/mol. The number of hydrogen-bond acceptors (Lipinski definition) is 3. The Morgan fingerprint density at radius 3 is 2.96 bits per heavy atom. The summed E-state index contributed by atoms with van der Waals surface area (Å²) in [4.78, 5) is 20.6. The predicted molar refractivity (Wildman–Crippen MR) is 92.7 cm³/mol. The van der Waals surface area contributed by atoms with Gasteiger partial charge in [0.05, 0.1) is 0 Å². The standard InChI is InChI=1S/C16H13Cl2N3OS/c1-9-14(23-16-19-3-5-21(9)16)15(22)20-4-2-12-10(8-20)6-11(17)7-13(12)18/h3,5-7H,2,4,8H2,1H3. The van der Waals surface area contributed by atoms with E-state index in [4.69, 9.17) is 23.2 Å². The maximum Gasteiger partial charge on any atom is 0.266 e. The number of imidazole rings is 1. The first-order valence-corrected chi connectivity index (χ1v) is 8.80. The lowest BCUT2D eigenvalue weighted by molar-refractivity contribution is 0.0738. The van der Waals surface area contributed by atoms with Gasteiger partial charge < -0.3 is 4.90 Å². The van der Waals surface area contributed by atoms with E-state index in [1.165, 1.54) is 11.3 Å². The quantitative estimate of drug-likeness (QED) is 0.647. The van der Waals surface area contributed by atoms with Crippen molar-refractivity contribution in [1.82, 2.24) is 14.3 Å². The molecule has 0 fully saturated rings. The summed E-state index contributed by atoms with van der Waals surface area (Å²) < 4.78 is 1.95. The first kappa shape index (κ1) is 15.0. The second-order valence-electron chi connectivity index (χ2n) is 5.60. The van der Waals surface area contributed by atoms with Crippen LogP contribution in [-0.4, -0.2) is 26.7 Å². The minimum atomic E-state index is 0.0414. The summed E-state index contributed by atoms with van der Waals surface area (Å²) in [6.45, 7) is 3.14. The molecule has 4 nitrogen and oxygen atoms in total. The molecule has 0 unspecified atom stereocenters. The summed E-state index contributed by atoms with van der Waals surface area (Å²) >= 11 is 13.8. The Morgan fingerprint density at radius 1 is 1.35 bits per heavy atom. The molecule has 118 valence electrons. The van der Waals surface area contributed by atoms with Gasteiger partial charge in [-0.25, -0.2) is 4.98 Å². The van der Waals surface area contributed by atoms with Crippen molar-refractivity contribution >= 4 is 45.4 Å². The highest BCUT2D eigenvalue weighted by atomic mass is 35.5. The number of fused-ring (bicyclic) bond motifs is 2. The van der Waals surface area contributed by atoms with Crippen molar-refractivity contribution in [2.24, 2.45) is 0 Å². The normalized spacial score (nSPS) is 14.3. The van der Waals surface area contributed by atoms with E-state index in [0.29, 0.717) is 23.1 Å². The van der Waals surface area contributed by atoms with Crippen molar-refractivity contribution in [2.75, 3.05) is 6.54 Å². The van der Waals surface area contributed by atoms with Gasteiger partial charge in [-0.15, -0.1) is 0 Å². The molecule has 0 atom stereocenters. The minimum Gasteiger partial charge on any atom is -0.333 e. The number of carbonyl (C=O) groups is 1. The summed E-state index contributed by atoms with van der Waals surface area (Å²) in [5.41, 5.74) is 3.06. The average molecular weight is 366 g/mol. The number of thiazole rings is 1. The zero-order valence-corrected chi connectivity index (χ0v) is 14.7. The fourth-order valence-corrected chi connectivity index (χ4v) is 4.70. The van der Waals surface area contributed by atoms with Gasteiger partial charge >= 0.3 is 0 Å². The van der Waals surface area contributed by atoms with E-state index in [2.05, 4.69) is 4.98 Å². The lowest BCUT2D eigenvalue weighted by Gasteiger charge is -2.29. The third-order valence-corrected chi connectivity index (χ3v) is 5.93. The zero-order chi connectivity index (χ0) is 16.1. The summed E-state index contributed by atoms with van der Waals surface area (Å²) in [7, 11) is 0. The molecule has 23 heavy (non-hydrogen) atoms. The monoisotopic (exact) mass is 365 g/mol. The fourth-order valence-electron chi connectivity index (χ4n) is 3.02. The highest BCUT2D eigenvalue weighted by Crippen LogP contribution is 2.31. The number of aromatic nitrogens is 2. The fraction of sp³-hybridized carbons (Fsp3) is 0.250. The van der Waals surface area contributed by atoms with Gasteiger partial charge in [-0.3, -0.25) is 9.20 Å². The van der Waals surface area contributed by atoms with Crippen LogP contribution >= 0.6 is 34.5 Å². The van der Waals surface area contributed by atoms with Gasteiger partial charge in [0.15, 0.2) is 4.96 Å². The van der Waals surface area contributed by atoms with Crippen LogP contribution in [0.5, 0.6) is 0 Å². The summed E-state index contributed by atoms with van der Waals surface area (Å²) in [6.07, 6.45) is 4.37. The lowest BCUT2D eigenvalue weighted by Crippen LogP contribution is -2.36. The van der Waals surface area contributed by atoms with Gasteiger partial charge in [0.1, 0.15) is 4.88 Å². The average Bonchev–Trinajstić information content (AvgIpc) is 3.09. The van der Waals surface area contributed by atoms with Crippen molar-refractivity contribution in [1.29, 1.82) is 0 Å². The summed E-state index contributed by atoms with van der Waals surface area (Å²) in [5.74, 6) is 0.0414. The van der Waals surface area contributed by atoms with E-state index in [-0.39, 0.29) is 5.91 Å². The Balaban J connectivity index is 1.67. The van der Waals surface area contributed by atoms with Gasteiger partial charge in [0, 0.05) is 41.2 Å². The van der Waals surface area contributed by atoms with Gasteiger partial charge in [-0.2, -0.15) is 0 Å². The van der Waals surface area contributed by atoms with E-state index in [9.17, 15) is 4.79 Å². The van der Waals surface area contributed by atoms with E-state index in [1.807, 2.05) is 28.5 Å². The van der Waals surface area contributed by atoms with Crippen LogP contribution in [0.2, 0.25) is 10.0 Å². The van der Waals surface area contributed by atoms with Crippen LogP contribution in [0.15, 0.2) is 24.5 Å². The SMILES string of the molecule is Cc1c(C(=O)N2CCc3c(Cl)cc(Cl)cc3C2)sc2nccn12. The molecule has 1 amide bonds. The van der Waals surface area contributed by atoms with Crippen LogP contribution in [0.4, 0.5) is 0 Å². The number of nitrogens with zero attached hydrogens (tertiary/aromatic N) is 3. The highest BCUT2D eigenvalue weighted by Gasteiger charge is 2.26. The lowest BCUT2D eigenvalue weighted by atomic mass is 9.99.